The smallest absolute Gasteiger partial charge is 0.268 e. The van der Waals surface area contributed by atoms with Gasteiger partial charge in [0.2, 0.25) is 0 Å². The molecular formula is C32H25NO4S. The van der Waals surface area contributed by atoms with Crippen molar-refractivity contribution in [2.24, 2.45) is 0 Å². The summed E-state index contributed by atoms with van der Waals surface area (Å²) in [6.45, 7) is 1.92. The van der Waals surface area contributed by atoms with Gasteiger partial charge in [0.05, 0.1) is 28.8 Å². The van der Waals surface area contributed by atoms with Gasteiger partial charge in [0.25, 0.3) is 10.0 Å². The Morgan fingerprint density at radius 1 is 0.816 bits per heavy atom. The molecule has 6 heteroatoms. The Bertz CT molecular complexity index is 1740. The number of para-hydroxylation sites is 1. The molecule has 0 bridgehead atoms. The van der Waals surface area contributed by atoms with Crippen LogP contribution in [0.4, 0.5) is 5.69 Å². The number of hydrogen-bond donors (Lipinski definition) is 0. The normalized spacial score (nSPS) is 17.6. The third-order valence-electron chi connectivity index (χ3n) is 7.25. The lowest BCUT2D eigenvalue weighted by molar-refractivity contribution is 0.104. The molecule has 4 aromatic carbocycles. The number of hydrogen-bond acceptors (Lipinski definition) is 4. The van der Waals surface area contributed by atoms with Crippen LogP contribution in [0.5, 0.6) is 5.75 Å². The molecule has 2 aliphatic carbocycles. The van der Waals surface area contributed by atoms with E-state index in [1.807, 2.05) is 73.7 Å². The van der Waals surface area contributed by atoms with Crippen molar-refractivity contribution in [3.63, 3.8) is 0 Å². The van der Waals surface area contributed by atoms with Crippen molar-refractivity contribution < 1.29 is 17.9 Å². The molecule has 0 amide bonds. The summed E-state index contributed by atoms with van der Waals surface area (Å²) in [5, 5.41) is 0. The first-order valence-electron chi connectivity index (χ1n) is 12.3. The van der Waals surface area contributed by atoms with Crippen LogP contribution >= 0.6 is 0 Å². The maximum absolute atomic E-state index is 14.5. The molecule has 2 aliphatic rings. The van der Waals surface area contributed by atoms with E-state index in [1.165, 1.54) is 4.31 Å². The minimum atomic E-state index is -4.06. The van der Waals surface area contributed by atoms with Crippen molar-refractivity contribution in [1.29, 1.82) is 0 Å². The fourth-order valence-electron chi connectivity index (χ4n) is 5.41. The van der Waals surface area contributed by atoms with Gasteiger partial charge in [-0.3, -0.25) is 4.79 Å². The molecule has 38 heavy (non-hydrogen) atoms. The van der Waals surface area contributed by atoms with Gasteiger partial charge >= 0.3 is 0 Å². The van der Waals surface area contributed by atoms with Gasteiger partial charge < -0.3 is 4.74 Å². The van der Waals surface area contributed by atoms with Gasteiger partial charge in [-0.05, 0) is 72.2 Å². The molecule has 0 N–H and O–H groups in total. The summed E-state index contributed by atoms with van der Waals surface area (Å²) < 4.78 is 35.9. The molecule has 0 fully saturated rings. The highest BCUT2D eigenvalue weighted by molar-refractivity contribution is 7.93. The molecule has 4 aromatic rings. The quantitative estimate of drug-likeness (QED) is 0.311. The van der Waals surface area contributed by atoms with E-state index in [-0.39, 0.29) is 10.7 Å². The molecule has 5 nitrogen and oxygen atoms in total. The molecule has 1 spiro atoms. The third kappa shape index (κ3) is 3.52. The Morgan fingerprint density at radius 3 is 2.26 bits per heavy atom. The van der Waals surface area contributed by atoms with Gasteiger partial charge in [-0.25, -0.2) is 12.7 Å². The zero-order valence-corrected chi connectivity index (χ0v) is 21.8. The Balaban J connectivity index is 1.69. The SMILES string of the molecule is COc1ccc2c(c1)[C@]1(C=CC(=O)c3ccccc31)C(N(c1ccccc1)S(=O)(=O)c1ccc(C)cc1)=C2. The Kier molecular flexibility index (Phi) is 5.58. The van der Waals surface area contributed by atoms with Gasteiger partial charge in [-0.15, -0.1) is 0 Å². The second kappa shape index (κ2) is 8.85. The second-order valence-corrected chi connectivity index (χ2v) is 11.2. The number of carbonyl (C=O) groups excluding carboxylic acids is 1. The van der Waals surface area contributed by atoms with Crippen molar-refractivity contribution in [3.05, 3.63) is 143 Å². The Hall–Kier alpha value is -4.42. The predicted molar refractivity (Wildman–Crippen MR) is 149 cm³/mol. The zero-order chi connectivity index (χ0) is 26.5. The van der Waals surface area contributed by atoms with E-state index in [1.54, 1.807) is 55.7 Å². The highest BCUT2D eigenvalue weighted by atomic mass is 32.2. The highest BCUT2D eigenvalue weighted by Crippen LogP contribution is 2.54. The number of ether oxygens (including phenoxy) is 1. The number of aryl methyl sites for hydroxylation is 1. The average molecular weight is 520 g/mol. The van der Waals surface area contributed by atoms with Crippen LogP contribution in [0.15, 0.2) is 120 Å². The molecule has 6 rings (SSSR count). The van der Waals surface area contributed by atoms with E-state index in [4.69, 9.17) is 4.74 Å². The zero-order valence-electron chi connectivity index (χ0n) is 21.0. The molecule has 188 valence electrons. The van der Waals surface area contributed by atoms with Crippen molar-refractivity contribution >= 4 is 27.6 Å². The summed E-state index contributed by atoms with van der Waals surface area (Å²) in [5.41, 5.74) is 3.92. The molecule has 0 saturated heterocycles. The number of carbonyl (C=O) groups is 1. The molecule has 0 radical (unpaired) electrons. The molecule has 0 unspecified atom stereocenters. The van der Waals surface area contributed by atoms with Gasteiger partial charge in [0, 0.05) is 5.56 Å². The van der Waals surface area contributed by atoms with Gasteiger partial charge in [0.1, 0.15) is 5.75 Å². The molecule has 0 saturated carbocycles. The van der Waals surface area contributed by atoms with Crippen LogP contribution in [-0.2, 0) is 15.4 Å². The predicted octanol–water partition coefficient (Wildman–Crippen LogP) is 6.29. The summed E-state index contributed by atoms with van der Waals surface area (Å²) in [7, 11) is -2.46. The summed E-state index contributed by atoms with van der Waals surface area (Å²) in [5.74, 6) is 0.530. The largest absolute Gasteiger partial charge is 0.497 e. The van der Waals surface area contributed by atoms with Gasteiger partial charge in [-0.1, -0.05) is 72.3 Å². The molecule has 0 heterocycles. The molecule has 0 aromatic heterocycles. The lowest BCUT2D eigenvalue weighted by atomic mass is 9.69. The van der Waals surface area contributed by atoms with Gasteiger partial charge in [-0.2, -0.15) is 0 Å². The molecule has 1 atom stereocenters. The molecular weight excluding hydrogens is 494 g/mol. The van der Waals surface area contributed by atoms with Crippen molar-refractivity contribution in [3.8, 4) is 5.75 Å². The summed E-state index contributed by atoms with van der Waals surface area (Å²) in [6.07, 6.45) is 5.28. The van der Waals surface area contributed by atoms with E-state index in [0.717, 1.165) is 22.3 Å². The number of sulfonamides is 1. The van der Waals surface area contributed by atoms with Crippen LogP contribution in [0.3, 0.4) is 0 Å². The van der Waals surface area contributed by atoms with Crippen LogP contribution in [-0.4, -0.2) is 21.3 Å². The average Bonchev–Trinajstić information content (AvgIpc) is 3.25. The van der Waals surface area contributed by atoms with Crippen LogP contribution in [0.2, 0.25) is 0 Å². The lowest BCUT2D eigenvalue weighted by Crippen LogP contribution is -2.42. The van der Waals surface area contributed by atoms with Crippen LogP contribution < -0.4 is 9.04 Å². The Morgan fingerprint density at radius 2 is 1.53 bits per heavy atom. The number of fused-ring (bicyclic) bond motifs is 4. The Labute approximate surface area is 222 Å². The highest BCUT2D eigenvalue weighted by Gasteiger charge is 2.50. The van der Waals surface area contributed by atoms with E-state index >= 15 is 0 Å². The number of allylic oxidation sites excluding steroid dienone is 2. The number of nitrogens with zero attached hydrogens (tertiary/aromatic N) is 1. The fraction of sp³-hybridized carbons (Fsp3) is 0.0938. The van der Waals surface area contributed by atoms with Crippen LogP contribution in [0.1, 0.15) is 32.6 Å². The topological polar surface area (TPSA) is 63.7 Å². The number of anilines is 1. The number of rotatable bonds is 5. The first kappa shape index (κ1) is 23.9. The molecule has 0 aliphatic heterocycles. The summed E-state index contributed by atoms with van der Waals surface area (Å²) in [4.78, 5) is 13.2. The first-order chi connectivity index (χ1) is 18.4. The summed E-state index contributed by atoms with van der Waals surface area (Å²) in [6, 6.07) is 29.0. The van der Waals surface area contributed by atoms with Crippen molar-refractivity contribution in [2.75, 3.05) is 11.4 Å². The van der Waals surface area contributed by atoms with E-state index < -0.39 is 15.4 Å². The van der Waals surface area contributed by atoms with E-state index in [9.17, 15) is 13.2 Å². The maximum atomic E-state index is 14.5. The first-order valence-corrected chi connectivity index (χ1v) is 13.7. The van der Waals surface area contributed by atoms with Crippen LogP contribution in [0, 0.1) is 6.92 Å². The minimum Gasteiger partial charge on any atom is -0.497 e. The monoisotopic (exact) mass is 519 g/mol. The fourth-order valence-corrected chi connectivity index (χ4v) is 6.96. The standard InChI is InChI=1S/C32H25NO4S/c1-22-12-16-26(17-13-22)38(35,36)33(24-8-4-3-5-9-24)31-20-23-14-15-25(37-2)21-29(23)32(31)19-18-30(34)27-10-6-7-11-28(27)32/h3-21H,1-2H3/t32-/m1/s1. The second-order valence-electron chi connectivity index (χ2n) is 9.45. The van der Waals surface area contributed by atoms with E-state index in [2.05, 4.69) is 0 Å². The lowest BCUT2D eigenvalue weighted by Gasteiger charge is -2.40. The van der Waals surface area contributed by atoms with Crippen molar-refractivity contribution in [1.82, 2.24) is 0 Å². The van der Waals surface area contributed by atoms with Crippen molar-refractivity contribution in [2.45, 2.75) is 17.2 Å². The van der Waals surface area contributed by atoms with Gasteiger partial charge in [0.15, 0.2) is 5.78 Å². The maximum Gasteiger partial charge on any atom is 0.268 e. The summed E-state index contributed by atoms with van der Waals surface area (Å²) >= 11 is 0. The number of benzene rings is 4. The third-order valence-corrected chi connectivity index (χ3v) is 9.01. The van der Waals surface area contributed by atoms with Crippen LogP contribution in [0.25, 0.3) is 6.08 Å². The minimum absolute atomic E-state index is 0.116. The number of methoxy groups -OCH3 is 1. The number of ketones is 1. The van der Waals surface area contributed by atoms with E-state index in [0.29, 0.717) is 22.7 Å².